The fraction of sp³-hybridized carbons (Fsp3) is 0.0714. The lowest BCUT2D eigenvalue weighted by molar-refractivity contribution is 0.0955. The maximum Gasteiger partial charge on any atom is 0.271 e. The SMILES string of the molecule is Cc1ccc(C=NNC(=O)c2ccncc2)cc1. The van der Waals surface area contributed by atoms with E-state index in [9.17, 15) is 4.79 Å². The van der Waals surface area contributed by atoms with E-state index < -0.39 is 0 Å². The quantitative estimate of drug-likeness (QED) is 0.659. The van der Waals surface area contributed by atoms with Crippen molar-refractivity contribution < 1.29 is 4.79 Å². The zero-order valence-electron chi connectivity index (χ0n) is 10.00. The Morgan fingerprint density at radius 1 is 1.17 bits per heavy atom. The normalized spacial score (nSPS) is 10.5. The van der Waals surface area contributed by atoms with Crippen molar-refractivity contribution in [3.05, 3.63) is 65.5 Å². The molecule has 1 N–H and O–H groups in total. The Balaban J connectivity index is 1.96. The average Bonchev–Trinajstić information content (AvgIpc) is 2.42. The van der Waals surface area contributed by atoms with Gasteiger partial charge in [0.25, 0.3) is 5.91 Å². The van der Waals surface area contributed by atoms with Crippen LogP contribution < -0.4 is 5.43 Å². The number of hydrogen-bond acceptors (Lipinski definition) is 3. The van der Waals surface area contributed by atoms with E-state index in [1.165, 1.54) is 5.56 Å². The third-order valence-electron chi connectivity index (χ3n) is 2.40. The number of benzene rings is 1. The first-order valence-corrected chi connectivity index (χ1v) is 5.56. The van der Waals surface area contributed by atoms with Gasteiger partial charge in [0.1, 0.15) is 0 Å². The molecule has 1 amide bonds. The third kappa shape index (κ3) is 3.25. The molecule has 2 rings (SSSR count). The molecule has 2 aromatic rings. The van der Waals surface area contributed by atoms with Gasteiger partial charge in [-0.2, -0.15) is 5.10 Å². The molecule has 0 saturated carbocycles. The van der Waals surface area contributed by atoms with Gasteiger partial charge in [-0.3, -0.25) is 9.78 Å². The fourth-order valence-electron chi connectivity index (χ4n) is 1.39. The highest BCUT2D eigenvalue weighted by Gasteiger charge is 2.01. The highest BCUT2D eigenvalue weighted by molar-refractivity contribution is 5.94. The Hall–Kier alpha value is -2.49. The van der Waals surface area contributed by atoms with Crippen LogP contribution in [-0.2, 0) is 0 Å². The number of nitrogens with one attached hydrogen (secondary N) is 1. The molecule has 0 bridgehead atoms. The molecule has 0 spiro atoms. The molecule has 0 aliphatic heterocycles. The number of carbonyl (C=O) groups excluding carboxylic acids is 1. The van der Waals surface area contributed by atoms with Gasteiger partial charge in [-0.25, -0.2) is 5.43 Å². The minimum atomic E-state index is -0.249. The van der Waals surface area contributed by atoms with Crippen molar-refractivity contribution in [2.75, 3.05) is 0 Å². The van der Waals surface area contributed by atoms with Gasteiger partial charge in [0.05, 0.1) is 6.21 Å². The first kappa shape index (κ1) is 12.0. The van der Waals surface area contributed by atoms with E-state index in [-0.39, 0.29) is 5.91 Å². The molecular formula is C14H13N3O. The number of amides is 1. The van der Waals surface area contributed by atoms with Crippen molar-refractivity contribution >= 4 is 12.1 Å². The van der Waals surface area contributed by atoms with Crippen LogP contribution in [0.2, 0.25) is 0 Å². The number of rotatable bonds is 3. The van der Waals surface area contributed by atoms with Gasteiger partial charge >= 0.3 is 0 Å². The Bertz CT molecular complexity index is 547. The van der Waals surface area contributed by atoms with Gasteiger partial charge in [-0.1, -0.05) is 29.8 Å². The molecular weight excluding hydrogens is 226 g/mol. The lowest BCUT2D eigenvalue weighted by atomic mass is 10.2. The summed E-state index contributed by atoms with van der Waals surface area (Å²) in [5, 5.41) is 3.90. The van der Waals surface area contributed by atoms with Gasteiger partial charge in [-0.05, 0) is 24.6 Å². The molecule has 4 heteroatoms. The topological polar surface area (TPSA) is 54.4 Å². The first-order chi connectivity index (χ1) is 8.75. The number of nitrogens with zero attached hydrogens (tertiary/aromatic N) is 2. The molecule has 18 heavy (non-hydrogen) atoms. The molecule has 0 radical (unpaired) electrons. The lowest BCUT2D eigenvalue weighted by Gasteiger charge is -1.98. The summed E-state index contributed by atoms with van der Waals surface area (Å²) in [6, 6.07) is 11.1. The van der Waals surface area contributed by atoms with Gasteiger partial charge in [0.15, 0.2) is 0 Å². The number of aryl methyl sites for hydroxylation is 1. The average molecular weight is 239 g/mol. The Labute approximate surface area is 105 Å². The Morgan fingerprint density at radius 2 is 1.83 bits per heavy atom. The van der Waals surface area contributed by atoms with Gasteiger partial charge in [0, 0.05) is 18.0 Å². The van der Waals surface area contributed by atoms with E-state index >= 15 is 0 Å². The molecule has 0 saturated heterocycles. The molecule has 4 nitrogen and oxygen atoms in total. The van der Waals surface area contributed by atoms with E-state index in [4.69, 9.17) is 0 Å². The molecule has 0 aliphatic rings. The molecule has 0 unspecified atom stereocenters. The predicted octanol–water partition coefficient (Wildman–Crippen LogP) is 2.15. The third-order valence-corrected chi connectivity index (χ3v) is 2.40. The van der Waals surface area contributed by atoms with E-state index in [1.54, 1.807) is 30.7 Å². The zero-order valence-corrected chi connectivity index (χ0v) is 10.00. The van der Waals surface area contributed by atoms with E-state index in [2.05, 4.69) is 15.5 Å². The predicted molar refractivity (Wildman–Crippen MR) is 70.5 cm³/mol. The number of hydrazone groups is 1. The summed E-state index contributed by atoms with van der Waals surface area (Å²) < 4.78 is 0. The van der Waals surface area contributed by atoms with E-state index in [0.29, 0.717) is 5.56 Å². The summed E-state index contributed by atoms with van der Waals surface area (Å²) in [5.74, 6) is -0.249. The summed E-state index contributed by atoms with van der Waals surface area (Å²) in [4.78, 5) is 15.5. The van der Waals surface area contributed by atoms with Crippen molar-refractivity contribution in [1.29, 1.82) is 0 Å². The minimum absolute atomic E-state index is 0.249. The molecule has 0 atom stereocenters. The lowest BCUT2D eigenvalue weighted by Crippen LogP contribution is -2.17. The second-order valence-electron chi connectivity index (χ2n) is 3.85. The van der Waals surface area contributed by atoms with Crippen LogP contribution in [0.25, 0.3) is 0 Å². The second kappa shape index (κ2) is 5.72. The number of aromatic nitrogens is 1. The molecule has 0 fully saturated rings. The van der Waals surface area contributed by atoms with Crippen molar-refractivity contribution in [3.8, 4) is 0 Å². The van der Waals surface area contributed by atoms with Crippen LogP contribution in [0.15, 0.2) is 53.9 Å². The summed E-state index contributed by atoms with van der Waals surface area (Å²) in [6.07, 6.45) is 4.75. The number of hydrogen-bond donors (Lipinski definition) is 1. The van der Waals surface area contributed by atoms with Gasteiger partial charge in [-0.15, -0.1) is 0 Å². The first-order valence-electron chi connectivity index (χ1n) is 5.56. The van der Waals surface area contributed by atoms with Crippen LogP contribution in [0.3, 0.4) is 0 Å². The zero-order chi connectivity index (χ0) is 12.8. The summed E-state index contributed by atoms with van der Waals surface area (Å²) in [7, 11) is 0. The Kier molecular flexibility index (Phi) is 3.81. The molecule has 1 aromatic carbocycles. The van der Waals surface area contributed by atoms with Crippen LogP contribution in [0.1, 0.15) is 21.5 Å². The summed E-state index contributed by atoms with van der Waals surface area (Å²) in [5.41, 5.74) is 5.13. The minimum Gasteiger partial charge on any atom is -0.267 e. The highest BCUT2D eigenvalue weighted by atomic mass is 16.2. The van der Waals surface area contributed by atoms with Gasteiger partial charge in [0.2, 0.25) is 0 Å². The monoisotopic (exact) mass is 239 g/mol. The summed E-state index contributed by atoms with van der Waals surface area (Å²) >= 11 is 0. The number of pyridine rings is 1. The smallest absolute Gasteiger partial charge is 0.267 e. The maximum absolute atomic E-state index is 11.6. The highest BCUT2D eigenvalue weighted by Crippen LogP contribution is 2.00. The second-order valence-corrected chi connectivity index (χ2v) is 3.85. The van der Waals surface area contributed by atoms with Crippen molar-refractivity contribution in [1.82, 2.24) is 10.4 Å². The van der Waals surface area contributed by atoms with Crippen LogP contribution in [-0.4, -0.2) is 17.1 Å². The summed E-state index contributed by atoms with van der Waals surface area (Å²) in [6.45, 7) is 2.02. The molecule has 90 valence electrons. The van der Waals surface area contributed by atoms with Crippen LogP contribution in [0.5, 0.6) is 0 Å². The van der Waals surface area contributed by atoms with E-state index in [1.807, 2.05) is 31.2 Å². The van der Waals surface area contributed by atoms with Crippen LogP contribution in [0.4, 0.5) is 0 Å². The van der Waals surface area contributed by atoms with Crippen molar-refractivity contribution in [3.63, 3.8) is 0 Å². The van der Waals surface area contributed by atoms with Crippen LogP contribution >= 0.6 is 0 Å². The van der Waals surface area contributed by atoms with E-state index in [0.717, 1.165) is 5.56 Å². The standard InChI is InChI=1S/C14H13N3O/c1-11-2-4-12(5-3-11)10-16-17-14(18)13-6-8-15-9-7-13/h2-10H,1H3,(H,17,18). The van der Waals surface area contributed by atoms with Gasteiger partial charge < -0.3 is 0 Å². The molecule has 0 aliphatic carbocycles. The van der Waals surface area contributed by atoms with Crippen LogP contribution in [0, 0.1) is 6.92 Å². The largest absolute Gasteiger partial charge is 0.271 e. The number of carbonyl (C=O) groups is 1. The van der Waals surface area contributed by atoms with Crippen molar-refractivity contribution in [2.45, 2.75) is 6.92 Å². The Morgan fingerprint density at radius 3 is 2.50 bits per heavy atom. The molecule has 1 heterocycles. The fourth-order valence-corrected chi connectivity index (χ4v) is 1.39. The maximum atomic E-state index is 11.6. The van der Waals surface area contributed by atoms with Crippen molar-refractivity contribution in [2.24, 2.45) is 5.10 Å². The molecule has 1 aromatic heterocycles.